The zero-order valence-corrected chi connectivity index (χ0v) is 10.5. The van der Waals surface area contributed by atoms with Crippen molar-refractivity contribution in [3.05, 3.63) is 23.8 Å². The molecule has 0 aliphatic heterocycles. The minimum atomic E-state index is 0.193. The van der Waals surface area contributed by atoms with Crippen LogP contribution < -0.4 is 4.74 Å². The fraction of sp³-hybridized carbons (Fsp3) is 0.538. The summed E-state index contributed by atoms with van der Waals surface area (Å²) in [4.78, 5) is 2.35. The quantitative estimate of drug-likeness (QED) is 0.833. The van der Waals surface area contributed by atoms with Gasteiger partial charge in [-0.1, -0.05) is 19.9 Å². The average molecular weight is 223 g/mol. The van der Waals surface area contributed by atoms with Crippen LogP contribution in [-0.4, -0.2) is 30.2 Å². The lowest BCUT2D eigenvalue weighted by molar-refractivity contribution is 0.233. The highest BCUT2D eigenvalue weighted by Crippen LogP contribution is 2.30. The van der Waals surface area contributed by atoms with Gasteiger partial charge in [0.05, 0.1) is 7.11 Å². The first-order valence-corrected chi connectivity index (χ1v) is 5.74. The minimum absolute atomic E-state index is 0.193. The van der Waals surface area contributed by atoms with E-state index in [9.17, 15) is 5.11 Å². The molecular weight excluding hydrogens is 202 g/mol. The lowest BCUT2D eigenvalue weighted by Gasteiger charge is -2.27. The molecule has 0 heterocycles. The van der Waals surface area contributed by atoms with Gasteiger partial charge in [0.2, 0.25) is 0 Å². The maximum absolute atomic E-state index is 9.53. The highest BCUT2D eigenvalue weighted by atomic mass is 16.5. The van der Waals surface area contributed by atoms with Crippen LogP contribution in [0.1, 0.15) is 32.4 Å². The van der Waals surface area contributed by atoms with Crippen LogP contribution in [0.15, 0.2) is 18.2 Å². The van der Waals surface area contributed by atoms with Crippen LogP contribution >= 0.6 is 0 Å². The van der Waals surface area contributed by atoms with Gasteiger partial charge in [-0.2, -0.15) is 0 Å². The Hall–Kier alpha value is -1.22. The molecule has 90 valence electrons. The number of rotatable bonds is 5. The summed E-state index contributed by atoms with van der Waals surface area (Å²) in [5, 5.41) is 9.53. The van der Waals surface area contributed by atoms with Gasteiger partial charge in [-0.25, -0.2) is 0 Å². The summed E-state index contributed by atoms with van der Waals surface area (Å²) in [6.07, 6.45) is 0. The fourth-order valence-corrected chi connectivity index (χ4v) is 1.94. The molecule has 0 aliphatic rings. The Balaban J connectivity index is 2.95. The predicted octanol–water partition coefficient (Wildman–Crippen LogP) is 2.80. The molecule has 1 atom stereocenters. The van der Waals surface area contributed by atoms with Crippen LogP contribution in [0.25, 0.3) is 0 Å². The van der Waals surface area contributed by atoms with E-state index in [-0.39, 0.29) is 5.75 Å². The first kappa shape index (κ1) is 12.8. The zero-order valence-electron chi connectivity index (χ0n) is 10.5. The second kappa shape index (κ2) is 5.75. The molecule has 1 aromatic rings. The van der Waals surface area contributed by atoms with Crippen LogP contribution in [0.2, 0.25) is 0 Å². The molecule has 0 amide bonds. The van der Waals surface area contributed by atoms with Crippen molar-refractivity contribution >= 4 is 0 Å². The maximum Gasteiger partial charge on any atom is 0.160 e. The molecule has 0 saturated carbocycles. The van der Waals surface area contributed by atoms with E-state index in [1.807, 2.05) is 12.1 Å². The van der Waals surface area contributed by atoms with Crippen LogP contribution in [0.3, 0.4) is 0 Å². The van der Waals surface area contributed by atoms with Gasteiger partial charge in [-0.15, -0.1) is 0 Å². The van der Waals surface area contributed by atoms with E-state index < -0.39 is 0 Å². The minimum Gasteiger partial charge on any atom is -0.504 e. The second-order valence-corrected chi connectivity index (χ2v) is 3.83. The molecule has 0 aromatic heterocycles. The van der Waals surface area contributed by atoms with Gasteiger partial charge in [-0.3, -0.25) is 4.90 Å². The van der Waals surface area contributed by atoms with Gasteiger partial charge in [0.1, 0.15) is 0 Å². The Labute approximate surface area is 97.7 Å². The third-order valence-corrected chi connectivity index (χ3v) is 3.05. The standard InChI is InChI=1S/C13H21NO2/c1-5-14(6-2)10(3)11-7-8-12(15)13(9-11)16-4/h7-10,15H,5-6H2,1-4H3. The monoisotopic (exact) mass is 223 g/mol. The van der Waals surface area contributed by atoms with Gasteiger partial charge >= 0.3 is 0 Å². The number of benzene rings is 1. The van der Waals surface area contributed by atoms with E-state index >= 15 is 0 Å². The SMILES string of the molecule is CCN(CC)C(C)c1ccc(O)c(OC)c1. The van der Waals surface area contributed by atoms with Crippen molar-refractivity contribution < 1.29 is 9.84 Å². The molecular formula is C13H21NO2. The topological polar surface area (TPSA) is 32.7 Å². The van der Waals surface area contributed by atoms with Crippen molar-refractivity contribution in [3.63, 3.8) is 0 Å². The summed E-state index contributed by atoms with van der Waals surface area (Å²) in [5.74, 6) is 0.731. The fourth-order valence-electron chi connectivity index (χ4n) is 1.94. The Morgan fingerprint density at radius 1 is 1.31 bits per heavy atom. The molecule has 3 nitrogen and oxygen atoms in total. The van der Waals surface area contributed by atoms with Gasteiger partial charge < -0.3 is 9.84 Å². The Bertz CT molecular complexity index is 335. The van der Waals surface area contributed by atoms with E-state index in [1.165, 1.54) is 5.56 Å². The van der Waals surface area contributed by atoms with Crippen LogP contribution in [-0.2, 0) is 0 Å². The van der Waals surface area contributed by atoms with E-state index in [1.54, 1.807) is 13.2 Å². The molecule has 0 bridgehead atoms. The summed E-state index contributed by atoms with van der Waals surface area (Å²) in [6.45, 7) is 8.50. The van der Waals surface area contributed by atoms with Gasteiger partial charge in [0.25, 0.3) is 0 Å². The molecule has 0 radical (unpaired) electrons. The van der Waals surface area contributed by atoms with E-state index in [4.69, 9.17) is 4.74 Å². The molecule has 0 fully saturated rings. The predicted molar refractivity (Wildman–Crippen MR) is 66.0 cm³/mol. The third-order valence-electron chi connectivity index (χ3n) is 3.05. The van der Waals surface area contributed by atoms with Crippen molar-refractivity contribution in [3.8, 4) is 11.5 Å². The van der Waals surface area contributed by atoms with Gasteiger partial charge in [0, 0.05) is 6.04 Å². The number of methoxy groups -OCH3 is 1. The number of phenols is 1. The van der Waals surface area contributed by atoms with Crippen LogP contribution in [0.5, 0.6) is 11.5 Å². The average Bonchev–Trinajstić information content (AvgIpc) is 2.31. The third kappa shape index (κ3) is 2.67. The molecule has 0 aliphatic carbocycles. The first-order chi connectivity index (χ1) is 7.63. The second-order valence-electron chi connectivity index (χ2n) is 3.83. The molecule has 0 saturated heterocycles. The number of phenolic OH excluding ortho intramolecular Hbond substituents is 1. The van der Waals surface area contributed by atoms with Crippen molar-refractivity contribution in [2.45, 2.75) is 26.8 Å². The number of aromatic hydroxyl groups is 1. The zero-order chi connectivity index (χ0) is 12.1. The van der Waals surface area contributed by atoms with Crippen molar-refractivity contribution in [2.24, 2.45) is 0 Å². The normalized spacial score (nSPS) is 12.8. The summed E-state index contributed by atoms with van der Waals surface area (Å²) >= 11 is 0. The van der Waals surface area contributed by atoms with Crippen molar-refractivity contribution in [2.75, 3.05) is 20.2 Å². The highest BCUT2D eigenvalue weighted by Gasteiger charge is 2.14. The molecule has 1 unspecified atom stereocenters. The van der Waals surface area contributed by atoms with E-state index in [0.717, 1.165) is 13.1 Å². The molecule has 1 rings (SSSR count). The van der Waals surface area contributed by atoms with Gasteiger partial charge in [-0.05, 0) is 37.7 Å². The maximum atomic E-state index is 9.53. The van der Waals surface area contributed by atoms with E-state index in [0.29, 0.717) is 11.8 Å². The van der Waals surface area contributed by atoms with Crippen LogP contribution in [0, 0.1) is 0 Å². The molecule has 0 spiro atoms. The van der Waals surface area contributed by atoms with Crippen molar-refractivity contribution in [1.29, 1.82) is 0 Å². The molecule has 1 N–H and O–H groups in total. The van der Waals surface area contributed by atoms with Gasteiger partial charge in [0.15, 0.2) is 11.5 Å². The molecule has 16 heavy (non-hydrogen) atoms. The number of hydrogen-bond acceptors (Lipinski definition) is 3. The summed E-state index contributed by atoms with van der Waals surface area (Å²) in [7, 11) is 1.57. The Morgan fingerprint density at radius 2 is 1.94 bits per heavy atom. The first-order valence-electron chi connectivity index (χ1n) is 5.74. The van der Waals surface area contributed by atoms with E-state index in [2.05, 4.69) is 25.7 Å². The lowest BCUT2D eigenvalue weighted by Crippen LogP contribution is -2.26. The summed E-state index contributed by atoms with van der Waals surface area (Å²) in [6, 6.07) is 5.87. The summed E-state index contributed by atoms with van der Waals surface area (Å²) < 4.78 is 5.11. The summed E-state index contributed by atoms with van der Waals surface area (Å²) in [5.41, 5.74) is 1.17. The lowest BCUT2D eigenvalue weighted by atomic mass is 10.1. The number of hydrogen-bond donors (Lipinski definition) is 1. The molecule has 1 aromatic carbocycles. The Kier molecular flexibility index (Phi) is 4.62. The van der Waals surface area contributed by atoms with Crippen LogP contribution in [0.4, 0.5) is 0 Å². The molecule has 3 heteroatoms. The Morgan fingerprint density at radius 3 is 2.44 bits per heavy atom. The number of nitrogens with zero attached hydrogens (tertiary/aromatic N) is 1. The highest BCUT2D eigenvalue weighted by molar-refractivity contribution is 5.42. The van der Waals surface area contributed by atoms with Crippen molar-refractivity contribution in [1.82, 2.24) is 4.90 Å². The largest absolute Gasteiger partial charge is 0.504 e. The number of ether oxygens (including phenoxy) is 1. The smallest absolute Gasteiger partial charge is 0.160 e.